The average molecular weight is 292 g/mol. The summed E-state index contributed by atoms with van der Waals surface area (Å²) in [5.41, 5.74) is 0.823. The summed E-state index contributed by atoms with van der Waals surface area (Å²) in [7, 11) is 3.82. The molecule has 0 amide bonds. The first kappa shape index (κ1) is 15.7. The van der Waals surface area contributed by atoms with E-state index in [0.717, 1.165) is 35.6 Å². The van der Waals surface area contributed by atoms with Crippen LogP contribution in [-0.4, -0.2) is 56.0 Å². The van der Waals surface area contributed by atoms with Gasteiger partial charge in [-0.05, 0) is 20.4 Å². The number of hydrogen-bond acceptors (Lipinski definition) is 6. The molecule has 21 heavy (non-hydrogen) atoms. The van der Waals surface area contributed by atoms with Crippen molar-refractivity contribution in [3.63, 3.8) is 0 Å². The maximum atomic E-state index is 9.45. The Hall–Kier alpha value is -1.73. The molecule has 0 aliphatic heterocycles. The van der Waals surface area contributed by atoms with E-state index in [1.807, 2.05) is 19.0 Å². The summed E-state index contributed by atoms with van der Waals surface area (Å²) in [4.78, 5) is 11.2. The van der Waals surface area contributed by atoms with Crippen molar-refractivity contribution in [2.75, 3.05) is 25.5 Å². The number of rotatable bonds is 7. The number of likely N-dealkylation sites (N-methyl/N-ethyl adjacent to an activating group) is 1. The van der Waals surface area contributed by atoms with Crippen LogP contribution in [0.1, 0.15) is 26.1 Å². The van der Waals surface area contributed by atoms with Crippen LogP contribution in [0, 0.1) is 0 Å². The second-order valence-corrected chi connectivity index (χ2v) is 5.47. The minimum atomic E-state index is -0.367. The lowest BCUT2D eigenvalue weighted by Crippen LogP contribution is -2.27. The number of nitrogens with zero attached hydrogens (tertiary/aromatic N) is 5. The molecule has 0 spiro atoms. The van der Waals surface area contributed by atoms with Crippen molar-refractivity contribution in [2.45, 2.75) is 32.9 Å². The number of nitrogens with one attached hydrogen (secondary N) is 1. The lowest BCUT2D eigenvalue weighted by molar-refractivity contribution is 0.137. The average Bonchev–Trinajstić information content (AvgIpc) is 2.77. The van der Waals surface area contributed by atoms with Crippen molar-refractivity contribution < 1.29 is 5.11 Å². The molecule has 0 fully saturated rings. The summed E-state index contributed by atoms with van der Waals surface area (Å²) in [5.74, 6) is 1.56. The van der Waals surface area contributed by atoms with Crippen molar-refractivity contribution in [3.05, 3.63) is 12.0 Å². The normalized spacial score (nSPS) is 13.0. The Labute approximate surface area is 125 Å². The summed E-state index contributed by atoms with van der Waals surface area (Å²) >= 11 is 0. The minimum Gasteiger partial charge on any atom is -0.392 e. The van der Waals surface area contributed by atoms with Gasteiger partial charge in [0.25, 0.3) is 0 Å². The lowest BCUT2D eigenvalue weighted by atomic mass is 10.3. The topological polar surface area (TPSA) is 79.1 Å². The van der Waals surface area contributed by atoms with E-state index >= 15 is 0 Å². The standard InChI is InChI=1S/C14H24N6O/c1-5-6-15-13-11-7-16-20(4)14(11)18-12(17-13)9-19(3)8-10(2)21/h7,10,21H,5-6,8-9H2,1-4H3,(H,15,17,18). The molecule has 2 aromatic rings. The van der Waals surface area contributed by atoms with Gasteiger partial charge in [0, 0.05) is 20.1 Å². The molecule has 0 saturated carbocycles. The molecule has 2 heterocycles. The minimum absolute atomic E-state index is 0.367. The van der Waals surface area contributed by atoms with Gasteiger partial charge < -0.3 is 10.4 Å². The molecule has 0 aliphatic carbocycles. The number of aliphatic hydroxyl groups is 1. The third kappa shape index (κ3) is 3.89. The van der Waals surface area contributed by atoms with Crippen LogP contribution in [0.2, 0.25) is 0 Å². The number of hydrogen-bond donors (Lipinski definition) is 2. The summed E-state index contributed by atoms with van der Waals surface area (Å²) in [5, 5.41) is 18.0. The smallest absolute Gasteiger partial charge is 0.163 e. The van der Waals surface area contributed by atoms with Gasteiger partial charge in [-0.2, -0.15) is 5.10 Å². The summed E-state index contributed by atoms with van der Waals surface area (Å²) in [6.07, 6.45) is 2.45. The van der Waals surface area contributed by atoms with Crippen molar-refractivity contribution in [1.82, 2.24) is 24.6 Å². The molecular weight excluding hydrogens is 268 g/mol. The third-order valence-electron chi connectivity index (χ3n) is 3.17. The fourth-order valence-corrected chi connectivity index (χ4v) is 2.27. The van der Waals surface area contributed by atoms with Gasteiger partial charge in [-0.1, -0.05) is 6.92 Å². The Morgan fingerprint density at radius 1 is 1.43 bits per heavy atom. The van der Waals surface area contributed by atoms with Gasteiger partial charge in [0.05, 0.1) is 24.2 Å². The fraction of sp³-hybridized carbons (Fsp3) is 0.643. The van der Waals surface area contributed by atoms with Crippen molar-refractivity contribution >= 4 is 16.9 Å². The highest BCUT2D eigenvalue weighted by atomic mass is 16.3. The first-order chi connectivity index (χ1) is 10.0. The molecular formula is C14H24N6O. The third-order valence-corrected chi connectivity index (χ3v) is 3.17. The maximum absolute atomic E-state index is 9.45. The summed E-state index contributed by atoms with van der Waals surface area (Å²) in [6, 6.07) is 0. The van der Waals surface area contributed by atoms with E-state index in [-0.39, 0.29) is 6.10 Å². The van der Waals surface area contributed by atoms with Crippen molar-refractivity contribution in [1.29, 1.82) is 0 Å². The van der Waals surface area contributed by atoms with Crippen LogP contribution >= 0.6 is 0 Å². The molecule has 0 aromatic carbocycles. The van der Waals surface area contributed by atoms with Gasteiger partial charge in [-0.25, -0.2) is 9.97 Å². The van der Waals surface area contributed by atoms with Crippen LogP contribution in [0.4, 0.5) is 5.82 Å². The predicted molar refractivity (Wildman–Crippen MR) is 83.1 cm³/mol. The second kappa shape index (κ2) is 6.82. The first-order valence-corrected chi connectivity index (χ1v) is 7.30. The molecule has 2 N–H and O–H groups in total. The van der Waals surface area contributed by atoms with Gasteiger partial charge in [0.1, 0.15) is 11.6 Å². The molecule has 0 saturated heterocycles. The van der Waals surface area contributed by atoms with Gasteiger partial charge in [0.15, 0.2) is 5.65 Å². The molecule has 7 nitrogen and oxygen atoms in total. The Morgan fingerprint density at radius 2 is 2.19 bits per heavy atom. The van der Waals surface area contributed by atoms with Crippen molar-refractivity contribution in [2.24, 2.45) is 7.05 Å². The summed E-state index contributed by atoms with van der Waals surface area (Å²) < 4.78 is 1.76. The number of fused-ring (bicyclic) bond motifs is 1. The largest absolute Gasteiger partial charge is 0.392 e. The summed E-state index contributed by atoms with van der Waals surface area (Å²) in [6.45, 7) is 5.93. The van der Waals surface area contributed by atoms with Gasteiger partial charge in [-0.3, -0.25) is 9.58 Å². The monoisotopic (exact) mass is 292 g/mol. The highest BCUT2D eigenvalue weighted by molar-refractivity contribution is 5.86. The predicted octanol–water partition coefficient (Wildman–Crippen LogP) is 0.998. The van der Waals surface area contributed by atoms with Crippen LogP contribution in [0.25, 0.3) is 11.0 Å². The molecule has 2 aromatic heterocycles. The van der Waals surface area contributed by atoms with E-state index in [4.69, 9.17) is 0 Å². The molecule has 1 atom stereocenters. The molecule has 1 unspecified atom stereocenters. The molecule has 2 rings (SSSR count). The van der Waals surface area contributed by atoms with Gasteiger partial charge in [-0.15, -0.1) is 0 Å². The first-order valence-electron chi connectivity index (χ1n) is 7.30. The van der Waals surface area contributed by atoms with E-state index in [9.17, 15) is 5.11 Å². The van der Waals surface area contributed by atoms with Crippen LogP contribution in [0.5, 0.6) is 0 Å². The highest BCUT2D eigenvalue weighted by Gasteiger charge is 2.13. The van der Waals surface area contributed by atoms with E-state index in [0.29, 0.717) is 13.1 Å². The Morgan fingerprint density at radius 3 is 2.86 bits per heavy atom. The van der Waals surface area contributed by atoms with E-state index in [1.54, 1.807) is 17.8 Å². The SMILES string of the molecule is CCCNc1nc(CN(C)CC(C)O)nc2c1cnn2C. The molecule has 0 radical (unpaired) electrons. The van der Waals surface area contributed by atoms with Gasteiger partial charge in [0.2, 0.25) is 0 Å². The number of anilines is 1. The Bertz CT molecular complexity index is 594. The van der Waals surface area contributed by atoms with Crippen LogP contribution in [-0.2, 0) is 13.6 Å². The number of aromatic nitrogens is 4. The molecule has 116 valence electrons. The fourth-order valence-electron chi connectivity index (χ4n) is 2.27. The molecule has 7 heteroatoms. The zero-order valence-electron chi connectivity index (χ0n) is 13.2. The molecule has 0 aliphatic rings. The van der Waals surface area contributed by atoms with Crippen molar-refractivity contribution in [3.8, 4) is 0 Å². The van der Waals surface area contributed by atoms with E-state index < -0.39 is 0 Å². The van der Waals surface area contributed by atoms with Crippen LogP contribution in [0.3, 0.4) is 0 Å². The Kier molecular flexibility index (Phi) is 5.08. The maximum Gasteiger partial charge on any atom is 0.163 e. The van der Waals surface area contributed by atoms with Crippen LogP contribution in [0.15, 0.2) is 6.20 Å². The van der Waals surface area contributed by atoms with Gasteiger partial charge >= 0.3 is 0 Å². The number of aliphatic hydroxyl groups excluding tert-OH is 1. The lowest BCUT2D eigenvalue weighted by Gasteiger charge is -2.18. The number of aryl methyl sites for hydroxylation is 1. The van der Waals surface area contributed by atoms with E-state index in [1.165, 1.54) is 0 Å². The quantitative estimate of drug-likeness (QED) is 0.792. The molecule has 0 bridgehead atoms. The zero-order valence-corrected chi connectivity index (χ0v) is 13.2. The Balaban J connectivity index is 2.28. The zero-order chi connectivity index (χ0) is 15.4. The van der Waals surface area contributed by atoms with E-state index in [2.05, 4.69) is 27.3 Å². The highest BCUT2D eigenvalue weighted by Crippen LogP contribution is 2.20. The second-order valence-electron chi connectivity index (χ2n) is 5.47. The van der Waals surface area contributed by atoms with Crippen LogP contribution < -0.4 is 5.32 Å².